The first-order valence-corrected chi connectivity index (χ1v) is 7.06. The Morgan fingerprint density at radius 1 is 1.09 bits per heavy atom. The third kappa shape index (κ3) is 5.10. The summed E-state index contributed by atoms with van der Waals surface area (Å²) < 4.78 is 5.07. The van der Waals surface area contributed by atoms with Gasteiger partial charge in [-0.15, -0.1) is 0 Å². The molecule has 0 atom stereocenters. The Balaban J connectivity index is 1.67. The molecule has 0 saturated heterocycles. The fourth-order valence-corrected chi connectivity index (χ4v) is 1.79. The van der Waals surface area contributed by atoms with E-state index in [2.05, 4.69) is 10.6 Å². The van der Waals surface area contributed by atoms with E-state index in [1.54, 1.807) is 42.5 Å². The second-order valence-corrected chi connectivity index (χ2v) is 4.84. The molecule has 5 nitrogen and oxygen atoms in total. The van der Waals surface area contributed by atoms with Crippen LogP contribution in [0.2, 0.25) is 5.02 Å². The van der Waals surface area contributed by atoms with Crippen LogP contribution in [0.15, 0.2) is 53.2 Å². The van der Waals surface area contributed by atoms with E-state index in [4.69, 9.17) is 16.0 Å². The smallest absolute Gasteiger partial charge is 0.251 e. The van der Waals surface area contributed by atoms with Crippen LogP contribution in [0.3, 0.4) is 0 Å². The monoisotopic (exact) mass is 318 g/mol. The van der Waals surface area contributed by atoms with Gasteiger partial charge in [0.25, 0.3) is 5.91 Å². The molecule has 6 heteroatoms. The Labute approximate surface area is 133 Å². The molecular weight excluding hydrogens is 304 g/mol. The normalized spacial score (nSPS) is 10.6. The minimum Gasteiger partial charge on any atom is -0.465 e. The van der Waals surface area contributed by atoms with Gasteiger partial charge >= 0.3 is 0 Å². The van der Waals surface area contributed by atoms with E-state index >= 15 is 0 Å². The summed E-state index contributed by atoms with van der Waals surface area (Å²) in [4.78, 5) is 23.3. The average molecular weight is 319 g/mol. The molecule has 2 amide bonds. The first-order chi connectivity index (χ1) is 10.6. The number of carbonyl (C=O) groups excluding carboxylic acids is 2. The minimum absolute atomic E-state index is 0.211. The molecule has 0 radical (unpaired) electrons. The van der Waals surface area contributed by atoms with E-state index in [1.165, 1.54) is 12.3 Å². The van der Waals surface area contributed by atoms with Crippen molar-refractivity contribution in [1.82, 2.24) is 10.6 Å². The van der Waals surface area contributed by atoms with Crippen molar-refractivity contribution in [1.29, 1.82) is 0 Å². The van der Waals surface area contributed by atoms with Crippen LogP contribution in [0, 0.1) is 0 Å². The van der Waals surface area contributed by atoms with Crippen LogP contribution in [0.25, 0.3) is 6.08 Å². The van der Waals surface area contributed by atoms with Gasteiger partial charge in [-0.25, -0.2) is 0 Å². The Kier molecular flexibility index (Phi) is 5.80. The highest BCUT2D eigenvalue weighted by Gasteiger charge is 2.04. The number of carbonyl (C=O) groups is 2. The lowest BCUT2D eigenvalue weighted by Gasteiger charge is -2.05. The van der Waals surface area contributed by atoms with Crippen molar-refractivity contribution >= 4 is 29.5 Å². The maximum Gasteiger partial charge on any atom is 0.251 e. The zero-order valence-electron chi connectivity index (χ0n) is 11.7. The number of rotatable bonds is 6. The Hall–Kier alpha value is -2.53. The maximum absolute atomic E-state index is 11.8. The fraction of sp³-hybridized carbons (Fsp3) is 0.125. The lowest BCUT2D eigenvalue weighted by atomic mass is 10.2. The van der Waals surface area contributed by atoms with Crippen LogP contribution < -0.4 is 10.6 Å². The molecule has 0 aliphatic heterocycles. The number of hydrogen-bond donors (Lipinski definition) is 2. The Morgan fingerprint density at radius 3 is 2.50 bits per heavy atom. The molecule has 22 heavy (non-hydrogen) atoms. The molecule has 0 aliphatic carbocycles. The zero-order chi connectivity index (χ0) is 15.8. The maximum atomic E-state index is 11.8. The molecule has 1 aromatic heterocycles. The molecule has 2 aromatic rings. The molecule has 2 rings (SSSR count). The summed E-state index contributed by atoms with van der Waals surface area (Å²) in [5.41, 5.74) is 0.522. The van der Waals surface area contributed by atoms with E-state index in [-0.39, 0.29) is 11.8 Å². The van der Waals surface area contributed by atoms with Crippen molar-refractivity contribution in [3.63, 3.8) is 0 Å². The van der Waals surface area contributed by atoms with Crippen LogP contribution in [0.5, 0.6) is 0 Å². The summed E-state index contributed by atoms with van der Waals surface area (Å²) in [6.45, 7) is 0.669. The molecule has 0 aliphatic rings. The second-order valence-electron chi connectivity index (χ2n) is 4.40. The molecule has 0 spiro atoms. The third-order valence-electron chi connectivity index (χ3n) is 2.76. The lowest BCUT2D eigenvalue weighted by molar-refractivity contribution is -0.116. The van der Waals surface area contributed by atoms with Crippen LogP contribution in [-0.4, -0.2) is 24.9 Å². The van der Waals surface area contributed by atoms with Gasteiger partial charge in [0.05, 0.1) is 6.26 Å². The minimum atomic E-state index is -0.253. The molecule has 1 heterocycles. The fourth-order valence-electron chi connectivity index (χ4n) is 1.67. The molecule has 114 valence electrons. The first-order valence-electron chi connectivity index (χ1n) is 6.68. The highest BCUT2D eigenvalue weighted by molar-refractivity contribution is 6.30. The van der Waals surface area contributed by atoms with Crippen LogP contribution >= 0.6 is 11.6 Å². The SMILES string of the molecule is O=C(/C=C/c1ccco1)NCCNC(=O)c1ccc(Cl)cc1. The van der Waals surface area contributed by atoms with Crippen molar-refractivity contribution in [2.45, 2.75) is 0 Å². The van der Waals surface area contributed by atoms with Crippen LogP contribution in [-0.2, 0) is 4.79 Å². The molecule has 0 unspecified atom stereocenters. The van der Waals surface area contributed by atoms with Crippen LogP contribution in [0.4, 0.5) is 0 Å². The number of halogens is 1. The van der Waals surface area contributed by atoms with Crippen molar-refractivity contribution < 1.29 is 14.0 Å². The number of hydrogen-bond acceptors (Lipinski definition) is 3. The van der Waals surface area contributed by atoms with Crippen molar-refractivity contribution in [2.24, 2.45) is 0 Å². The second kappa shape index (κ2) is 8.05. The molecule has 1 aromatic carbocycles. The highest BCUT2D eigenvalue weighted by Crippen LogP contribution is 2.09. The molecule has 0 saturated carbocycles. The van der Waals surface area contributed by atoms with Crippen molar-refractivity contribution in [3.05, 3.63) is 65.1 Å². The zero-order valence-corrected chi connectivity index (χ0v) is 12.5. The van der Waals surface area contributed by atoms with Gasteiger partial charge in [0.15, 0.2) is 0 Å². The number of nitrogens with one attached hydrogen (secondary N) is 2. The van der Waals surface area contributed by atoms with E-state index in [1.807, 2.05) is 0 Å². The van der Waals surface area contributed by atoms with Gasteiger partial charge in [0.2, 0.25) is 5.91 Å². The van der Waals surface area contributed by atoms with E-state index in [0.717, 1.165) is 0 Å². The molecule has 2 N–H and O–H groups in total. The van der Waals surface area contributed by atoms with Crippen LogP contribution in [0.1, 0.15) is 16.1 Å². The predicted octanol–water partition coefficient (Wildman–Crippen LogP) is 2.49. The number of amides is 2. The first kappa shape index (κ1) is 15.9. The van der Waals surface area contributed by atoms with Gasteiger partial charge in [-0.1, -0.05) is 11.6 Å². The van der Waals surface area contributed by atoms with Gasteiger partial charge in [0, 0.05) is 29.8 Å². The Morgan fingerprint density at radius 2 is 1.82 bits per heavy atom. The van der Waals surface area contributed by atoms with Gasteiger partial charge < -0.3 is 15.1 Å². The van der Waals surface area contributed by atoms with Gasteiger partial charge in [-0.05, 0) is 42.5 Å². The number of benzene rings is 1. The summed E-state index contributed by atoms with van der Waals surface area (Å²) >= 11 is 5.75. The number of furan rings is 1. The quantitative estimate of drug-likeness (QED) is 0.635. The van der Waals surface area contributed by atoms with Gasteiger partial charge in [-0.3, -0.25) is 9.59 Å². The van der Waals surface area contributed by atoms with E-state index < -0.39 is 0 Å². The van der Waals surface area contributed by atoms with Crippen molar-refractivity contribution in [2.75, 3.05) is 13.1 Å². The standard InChI is InChI=1S/C16H15ClN2O3/c17-13-5-3-12(4-6-13)16(21)19-10-9-18-15(20)8-7-14-2-1-11-22-14/h1-8,11H,9-10H2,(H,18,20)(H,19,21)/b8-7+. The van der Waals surface area contributed by atoms with Gasteiger partial charge in [0.1, 0.15) is 5.76 Å². The third-order valence-corrected chi connectivity index (χ3v) is 3.01. The topological polar surface area (TPSA) is 71.3 Å². The summed E-state index contributed by atoms with van der Waals surface area (Å²) in [5, 5.41) is 5.94. The van der Waals surface area contributed by atoms with Crippen molar-refractivity contribution in [3.8, 4) is 0 Å². The summed E-state index contributed by atoms with van der Waals surface area (Å²) in [6.07, 6.45) is 4.48. The Bertz CT molecular complexity index is 649. The molecule has 0 bridgehead atoms. The summed E-state index contributed by atoms with van der Waals surface area (Å²) in [6, 6.07) is 10.1. The van der Waals surface area contributed by atoms with E-state index in [9.17, 15) is 9.59 Å². The average Bonchev–Trinajstić information content (AvgIpc) is 3.03. The summed E-state index contributed by atoms with van der Waals surface area (Å²) in [5.74, 6) is 0.139. The summed E-state index contributed by atoms with van der Waals surface area (Å²) in [7, 11) is 0. The lowest BCUT2D eigenvalue weighted by Crippen LogP contribution is -2.33. The largest absolute Gasteiger partial charge is 0.465 e. The highest BCUT2D eigenvalue weighted by atomic mass is 35.5. The molecule has 0 fully saturated rings. The van der Waals surface area contributed by atoms with Gasteiger partial charge in [-0.2, -0.15) is 0 Å². The van der Waals surface area contributed by atoms with E-state index in [0.29, 0.717) is 29.4 Å². The molecular formula is C16H15ClN2O3. The predicted molar refractivity (Wildman–Crippen MR) is 84.5 cm³/mol.